The zero-order valence-corrected chi connectivity index (χ0v) is 25.2. The van der Waals surface area contributed by atoms with E-state index < -0.39 is 5.82 Å². The highest BCUT2D eigenvalue weighted by molar-refractivity contribution is 6.30. The SMILES string of the molecule is CC(C)NC(=O)c1cccc(-c2ccc(Cl)cc2)c1COc1ccc(-c2nc3ccccc3n2C2CCCCC2)c(F)c1. The number of hydrogen-bond donors (Lipinski definition) is 1. The first-order valence-corrected chi connectivity index (χ1v) is 15.3. The molecule has 1 fully saturated rings. The molecule has 0 unspecified atom stereocenters. The number of benzene rings is 4. The Morgan fingerprint density at radius 2 is 1.74 bits per heavy atom. The topological polar surface area (TPSA) is 56.1 Å². The van der Waals surface area contributed by atoms with E-state index in [-0.39, 0.29) is 18.6 Å². The normalized spacial score (nSPS) is 13.9. The van der Waals surface area contributed by atoms with Crippen molar-refractivity contribution in [2.75, 3.05) is 0 Å². The molecule has 7 heteroatoms. The van der Waals surface area contributed by atoms with E-state index in [4.69, 9.17) is 21.3 Å². The van der Waals surface area contributed by atoms with Crippen molar-refractivity contribution >= 4 is 28.5 Å². The lowest BCUT2D eigenvalue weighted by atomic mass is 9.95. The predicted octanol–water partition coefficient (Wildman–Crippen LogP) is 9.39. The van der Waals surface area contributed by atoms with Crippen LogP contribution in [0.2, 0.25) is 5.02 Å². The molecule has 1 heterocycles. The Bertz CT molecular complexity index is 1760. The molecule has 0 spiro atoms. The van der Waals surface area contributed by atoms with Gasteiger partial charge >= 0.3 is 0 Å². The average molecular weight is 596 g/mol. The zero-order valence-electron chi connectivity index (χ0n) is 24.4. The molecule has 6 rings (SSSR count). The van der Waals surface area contributed by atoms with Gasteiger partial charge in [-0.15, -0.1) is 0 Å². The number of nitrogens with zero attached hydrogens (tertiary/aromatic N) is 2. The van der Waals surface area contributed by atoms with Crippen molar-refractivity contribution in [3.63, 3.8) is 0 Å². The summed E-state index contributed by atoms with van der Waals surface area (Å²) in [6.45, 7) is 3.92. The summed E-state index contributed by atoms with van der Waals surface area (Å²) in [4.78, 5) is 18.0. The third-order valence-corrected chi connectivity index (χ3v) is 8.35. The first kappa shape index (κ1) is 28.9. The number of carbonyl (C=O) groups excluding carboxylic acids is 1. The number of carbonyl (C=O) groups is 1. The molecular weight excluding hydrogens is 561 g/mol. The molecule has 5 nitrogen and oxygen atoms in total. The van der Waals surface area contributed by atoms with Crippen molar-refractivity contribution in [2.45, 2.75) is 64.6 Å². The molecule has 1 amide bonds. The Morgan fingerprint density at radius 1 is 0.977 bits per heavy atom. The number of imidazole rings is 1. The third-order valence-electron chi connectivity index (χ3n) is 8.10. The fourth-order valence-electron chi connectivity index (χ4n) is 6.06. The molecule has 1 aliphatic rings. The van der Waals surface area contributed by atoms with Crippen LogP contribution in [0, 0.1) is 5.82 Å². The van der Waals surface area contributed by atoms with E-state index in [0.717, 1.165) is 35.0 Å². The van der Waals surface area contributed by atoms with E-state index in [1.165, 1.54) is 25.3 Å². The minimum absolute atomic E-state index is 0.0279. The van der Waals surface area contributed by atoms with Gasteiger partial charge in [-0.25, -0.2) is 9.37 Å². The van der Waals surface area contributed by atoms with Crippen molar-refractivity contribution in [3.8, 4) is 28.3 Å². The molecule has 220 valence electrons. The van der Waals surface area contributed by atoms with Gasteiger partial charge < -0.3 is 14.6 Å². The summed E-state index contributed by atoms with van der Waals surface area (Å²) >= 11 is 6.14. The number of hydrogen-bond acceptors (Lipinski definition) is 3. The van der Waals surface area contributed by atoms with Crippen LogP contribution in [0.1, 0.15) is 67.9 Å². The van der Waals surface area contributed by atoms with Crippen LogP contribution in [0.25, 0.3) is 33.5 Å². The second-order valence-electron chi connectivity index (χ2n) is 11.5. The average Bonchev–Trinajstić information content (AvgIpc) is 3.40. The van der Waals surface area contributed by atoms with Crippen LogP contribution in [0.4, 0.5) is 4.39 Å². The number of para-hydroxylation sites is 2. The van der Waals surface area contributed by atoms with E-state index in [0.29, 0.717) is 39.3 Å². The molecule has 0 atom stereocenters. The monoisotopic (exact) mass is 595 g/mol. The quantitative estimate of drug-likeness (QED) is 0.194. The Kier molecular flexibility index (Phi) is 8.48. The van der Waals surface area contributed by atoms with Gasteiger partial charge in [-0.1, -0.05) is 67.3 Å². The van der Waals surface area contributed by atoms with Crippen LogP contribution in [0.3, 0.4) is 0 Å². The molecule has 43 heavy (non-hydrogen) atoms. The highest BCUT2D eigenvalue weighted by Gasteiger charge is 2.24. The van der Waals surface area contributed by atoms with Crippen LogP contribution in [-0.4, -0.2) is 21.5 Å². The summed E-state index contributed by atoms with van der Waals surface area (Å²) in [6.07, 6.45) is 5.70. The number of halogens is 2. The summed E-state index contributed by atoms with van der Waals surface area (Å²) in [6, 6.07) is 26.3. The molecule has 4 aromatic carbocycles. The Balaban J connectivity index is 1.33. The van der Waals surface area contributed by atoms with Crippen molar-refractivity contribution in [2.24, 2.45) is 0 Å². The number of rotatable bonds is 8. The maximum atomic E-state index is 15.9. The highest BCUT2D eigenvalue weighted by atomic mass is 35.5. The molecule has 1 saturated carbocycles. The van der Waals surface area contributed by atoms with Gasteiger partial charge in [0, 0.05) is 34.3 Å². The third kappa shape index (κ3) is 6.16. The van der Waals surface area contributed by atoms with E-state index in [1.54, 1.807) is 18.2 Å². The number of amides is 1. The number of nitrogens with one attached hydrogen (secondary N) is 1. The predicted molar refractivity (Wildman–Crippen MR) is 171 cm³/mol. The van der Waals surface area contributed by atoms with Crippen molar-refractivity contribution in [3.05, 3.63) is 107 Å². The van der Waals surface area contributed by atoms with Crippen LogP contribution in [-0.2, 0) is 6.61 Å². The van der Waals surface area contributed by atoms with Gasteiger partial charge in [0.05, 0.1) is 16.6 Å². The zero-order chi connectivity index (χ0) is 29.9. The maximum absolute atomic E-state index is 15.9. The first-order chi connectivity index (χ1) is 20.9. The van der Waals surface area contributed by atoms with Gasteiger partial charge in [0.25, 0.3) is 5.91 Å². The smallest absolute Gasteiger partial charge is 0.251 e. The summed E-state index contributed by atoms with van der Waals surface area (Å²) in [5.41, 5.74) is 5.35. The summed E-state index contributed by atoms with van der Waals surface area (Å²) in [5.74, 6) is 0.446. The number of fused-ring (bicyclic) bond motifs is 1. The van der Waals surface area contributed by atoms with Crippen LogP contribution < -0.4 is 10.1 Å². The summed E-state index contributed by atoms with van der Waals surface area (Å²) < 4.78 is 24.3. The second-order valence-corrected chi connectivity index (χ2v) is 11.9. The van der Waals surface area contributed by atoms with Gasteiger partial charge in [-0.2, -0.15) is 0 Å². The van der Waals surface area contributed by atoms with Crippen molar-refractivity contribution in [1.29, 1.82) is 0 Å². The van der Waals surface area contributed by atoms with Crippen LogP contribution >= 0.6 is 11.6 Å². The standard InChI is InChI=1S/C36H35ClFN3O2/c1-23(2)39-36(42)29-12-8-11-28(24-15-17-25(37)18-16-24)31(29)22-43-27-19-20-30(32(38)21-27)35-40-33-13-6-7-14-34(33)41(35)26-9-4-3-5-10-26/h6-8,11-21,23,26H,3-5,9-10,22H2,1-2H3,(H,39,42). The number of aromatic nitrogens is 2. The summed E-state index contributed by atoms with van der Waals surface area (Å²) in [5, 5.41) is 3.61. The molecule has 0 aliphatic heterocycles. The van der Waals surface area contributed by atoms with Crippen LogP contribution in [0.5, 0.6) is 5.75 Å². The molecule has 1 aliphatic carbocycles. The van der Waals surface area contributed by atoms with E-state index in [9.17, 15) is 4.79 Å². The highest BCUT2D eigenvalue weighted by Crippen LogP contribution is 2.37. The molecule has 5 aromatic rings. The molecule has 0 bridgehead atoms. The first-order valence-electron chi connectivity index (χ1n) is 15.0. The maximum Gasteiger partial charge on any atom is 0.251 e. The Hall–Kier alpha value is -4.16. The van der Waals surface area contributed by atoms with Crippen molar-refractivity contribution in [1.82, 2.24) is 14.9 Å². The summed E-state index contributed by atoms with van der Waals surface area (Å²) in [7, 11) is 0. The van der Waals surface area contributed by atoms with Gasteiger partial charge in [-0.05, 0) is 80.3 Å². The largest absolute Gasteiger partial charge is 0.489 e. The lowest BCUT2D eigenvalue weighted by molar-refractivity contribution is 0.0940. The fourth-order valence-corrected chi connectivity index (χ4v) is 6.19. The lowest BCUT2D eigenvalue weighted by Gasteiger charge is -2.25. The minimum atomic E-state index is -0.395. The fraction of sp³-hybridized carbons (Fsp3) is 0.278. The minimum Gasteiger partial charge on any atom is -0.489 e. The van der Waals surface area contributed by atoms with Gasteiger partial charge in [0.15, 0.2) is 0 Å². The molecule has 1 aromatic heterocycles. The Morgan fingerprint density at radius 3 is 2.49 bits per heavy atom. The Labute approximate surface area is 256 Å². The molecular formula is C36H35ClFN3O2. The van der Waals surface area contributed by atoms with Crippen molar-refractivity contribution < 1.29 is 13.9 Å². The van der Waals surface area contributed by atoms with Gasteiger partial charge in [0.1, 0.15) is 24.0 Å². The van der Waals surface area contributed by atoms with E-state index in [2.05, 4.69) is 16.0 Å². The van der Waals surface area contributed by atoms with E-state index in [1.807, 2.05) is 68.4 Å². The molecule has 1 N–H and O–H groups in total. The number of ether oxygens (including phenoxy) is 1. The lowest BCUT2D eigenvalue weighted by Crippen LogP contribution is -2.31. The van der Waals surface area contributed by atoms with Crippen LogP contribution in [0.15, 0.2) is 84.9 Å². The van der Waals surface area contributed by atoms with Gasteiger partial charge in [0.2, 0.25) is 0 Å². The molecule has 0 radical (unpaired) electrons. The molecule has 0 saturated heterocycles. The van der Waals surface area contributed by atoms with E-state index >= 15 is 4.39 Å². The van der Waals surface area contributed by atoms with Gasteiger partial charge in [-0.3, -0.25) is 4.79 Å². The second kappa shape index (κ2) is 12.6.